The minimum absolute atomic E-state index is 0.286. The van der Waals surface area contributed by atoms with E-state index in [9.17, 15) is 10.0 Å². The molecule has 0 saturated heterocycles. The van der Waals surface area contributed by atoms with E-state index in [2.05, 4.69) is 4.98 Å². The van der Waals surface area contributed by atoms with Crippen molar-refractivity contribution in [3.8, 4) is 45.3 Å². The Bertz CT molecular complexity index is 1010. The summed E-state index contributed by atoms with van der Waals surface area (Å²) in [7, 11) is 4.49. The van der Waals surface area contributed by atoms with Gasteiger partial charge in [-0.3, -0.25) is 4.98 Å². The van der Waals surface area contributed by atoms with Crippen LogP contribution in [0.4, 0.5) is 0 Å². The molecular weight excluding hydrogens is 373 g/mol. The molecule has 3 rings (SSSR count). The minimum atomic E-state index is -1.69. The molecule has 1 heterocycles. The van der Waals surface area contributed by atoms with Gasteiger partial charge in [-0.15, -0.1) is 0 Å². The highest BCUT2D eigenvalue weighted by molar-refractivity contribution is 6.60. The molecule has 0 amide bonds. The van der Waals surface area contributed by atoms with E-state index in [0.717, 1.165) is 11.1 Å². The van der Waals surface area contributed by atoms with Crippen LogP contribution in [0.3, 0.4) is 0 Å². The third-order valence-corrected chi connectivity index (χ3v) is 4.60. The molecule has 2 N–H and O–H groups in total. The van der Waals surface area contributed by atoms with Gasteiger partial charge in [0.05, 0.1) is 28.4 Å². The molecule has 0 aliphatic heterocycles. The third-order valence-electron chi connectivity index (χ3n) is 4.60. The standard InChI is InChI=1S/C21H22BNO6/c1-26-17-7-5-13(10-19(17)28-3)14-9-15(12-23-11-14)20-16(22(24)25)6-8-18(27-2)21(20)29-4/h5-12,24-25H,1-4H3. The normalized spacial score (nSPS) is 10.4. The fraction of sp³-hybridized carbons (Fsp3) is 0.190. The molecule has 150 valence electrons. The van der Waals surface area contributed by atoms with Crippen molar-refractivity contribution in [3.05, 3.63) is 48.8 Å². The topological polar surface area (TPSA) is 90.3 Å². The van der Waals surface area contributed by atoms with Gasteiger partial charge in [0.2, 0.25) is 0 Å². The van der Waals surface area contributed by atoms with Crippen LogP contribution in [0, 0.1) is 0 Å². The van der Waals surface area contributed by atoms with Gasteiger partial charge in [0.25, 0.3) is 0 Å². The number of nitrogens with zero attached hydrogens (tertiary/aromatic N) is 1. The summed E-state index contributed by atoms with van der Waals surface area (Å²) in [6.45, 7) is 0. The highest BCUT2D eigenvalue weighted by Crippen LogP contribution is 2.38. The average molecular weight is 395 g/mol. The summed E-state index contributed by atoms with van der Waals surface area (Å²) >= 11 is 0. The molecule has 0 bridgehead atoms. The molecule has 0 spiro atoms. The van der Waals surface area contributed by atoms with Crippen molar-refractivity contribution in [2.45, 2.75) is 0 Å². The molecule has 0 atom stereocenters. The van der Waals surface area contributed by atoms with Crippen molar-refractivity contribution in [3.63, 3.8) is 0 Å². The van der Waals surface area contributed by atoms with Crippen molar-refractivity contribution in [1.29, 1.82) is 0 Å². The smallest absolute Gasteiger partial charge is 0.489 e. The van der Waals surface area contributed by atoms with Crippen LogP contribution in [0.5, 0.6) is 23.0 Å². The maximum absolute atomic E-state index is 9.87. The molecule has 0 radical (unpaired) electrons. The maximum atomic E-state index is 9.87. The summed E-state index contributed by atoms with van der Waals surface area (Å²) in [6, 6.07) is 10.7. The summed E-state index contributed by atoms with van der Waals surface area (Å²) in [5, 5.41) is 19.7. The summed E-state index contributed by atoms with van der Waals surface area (Å²) in [4.78, 5) is 4.34. The molecule has 0 unspecified atom stereocenters. The predicted molar refractivity (Wildman–Crippen MR) is 111 cm³/mol. The molecule has 0 fully saturated rings. The first-order valence-corrected chi connectivity index (χ1v) is 8.82. The van der Waals surface area contributed by atoms with Gasteiger partial charge in [-0.05, 0) is 35.3 Å². The van der Waals surface area contributed by atoms with E-state index in [1.165, 1.54) is 14.2 Å². The van der Waals surface area contributed by atoms with Crippen LogP contribution in [0.1, 0.15) is 0 Å². The Labute approximate surface area is 169 Å². The summed E-state index contributed by atoms with van der Waals surface area (Å²) < 4.78 is 21.6. The van der Waals surface area contributed by atoms with E-state index < -0.39 is 7.12 Å². The number of hydrogen-bond acceptors (Lipinski definition) is 7. The SMILES string of the molecule is COc1ccc(-c2cncc(-c3c(B(O)O)ccc(OC)c3OC)c2)cc1OC. The molecule has 0 saturated carbocycles. The lowest BCUT2D eigenvalue weighted by atomic mass is 9.75. The van der Waals surface area contributed by atoms with Crippen molar-refractivity contribution in [2.24, 2.45) is 0 Å². The second-order valence-electron chi connectivity index (χ2n) is 6.17. The van der Waals surface area contributed by atoms with Gasteiger partial charge in [-0.25, -0.2) is 0 Å². The number of aromatic nitrogens is 1. The van der Waals surface area contributed by atoms with Crippen LogP contribution in [0.15, 0.2) is 48.8 Å². The molecule has 29 heavy (non-hydrogen) atoms. The van der Waals surface area contributed by atoms with Gasteiger partial charge in [0.1, 0.15) is 0 Å². The van der Waals surface area contributed by atoms with Crippen LogP contribution < -0.4 is 24.4 Å². The quantitative estimate of drug-likeness (QED) is 0.593. The fourth-order valence-electron chi connectivity index (χ4n) is 3.21. The van der Waals surface area contributed by atoms with Crippen LogP contribution in [-0.4, -0.2) is 50.6 Å². The van der Waals surface area contributed by atoms with Crippen molar-refractivity contribution in [2.75, 3.05) is 28.4 Å². The van der Waals surface area contributed by atoms with Gasteiger partial charge in [0, 0.05) is 29.1 Å². The molecule has 8 heteroatoms. The zero-order valence-corrected chi connectivity index (χ0v) is 16.7. The second kappa shape index (κ2) is 8.85. The van der Waals surface area contributed by atoms with Gasteiger partial charge in [-0.2, -0.15) is 0 Å². The Kier molecular flexibility index (Phi) is 6.26. The van der Waals surface area contributed by atoms with Crippen molar-refractivity contribution < 1.29 is 29.0 Å². The van der Waals surface area contributed by atoms with E-state index in [-0.39, 0.29) is 5.46 Å². The minimum Gasteiger partial charge on any atom is -0.493 e. The van der Waals surface area contributed by atoms with Gasteiger partial charge < -0.3 is 29.0 Å². The predicted octanol–water partition coefficient (Wildman–Crippen LogP) is 2.13. The van der Waals surface area contributed by atoms with Gasteiger partial charge >= 0.3 is 7.12 Å². The largest absolute Gasteiger partial charge is 0.493 e. The Hall–Kier alpha value is -3.23. The Morgan fingerprint density at radius 3 is 1.97 bits per heavy atom. The molecule has 1 aromatic heterocycles. The summed E-state index contributed by atoms with van der Waals surface area (Å²) in [6.07, 6.45) is 3.35. The highest BCUT2D eigenvalue weighted by atomic mass is 16.5. The zero-order chi connectivity index (χ0) is 21.0. The van der Waals surface area contributed by atoms with E-state index in [0.29, 0.717) is 34.1 Å². The first kappa shape index (κ1) is 20.5. The number of rotatable bonds is 7. The number of ether oxygens (including phenoxy) is 4. The van der Waals surface area contributed by atoms with Crippen molar-refractivity contribution >= 4 is 12.6 Å². The van der Waals surface area contributed by atoms with Crippen LogP contribution in [-0.2, 0) is 0 Å². The Balaban J connectivity index is 2.18. The second-order valence-corrected chi connectivity index (χ2v) is 6.17. The number of benzene rings is 2. The molecule has 3 aromatic rings. The average Bonchev–Trinajstić information content (AvgIpc) is 2.77. The van der Waals surface area contributed by atoms with Crippen LogP contribution in [0.2, 0.25) is 0 Å². The van der Waals surface area contributed by atoms with Crippen LogP contribution >= 0.6 is 0 Å². The molecule has 2 aromatic carbocycles. The molecular formula is C21H22BNO6. The summed E-state index contributed by atoms with van der Waals surface area (Å²) in [5.74, 6) is 2.09. The Morgan fingerprint density at radius 1 is 0.690 bits per heavy atom. The zero-order valence-electron chi connectivity index (χ0n) is 16.7. The van der Waals surface area contributed by atoms with Crippen molar-refractivity contribution in [1.82, 2.24) is 4.98 Å². The molecule has 0 aliphatic rings. The number of methoxy groups -OCH3 is 4. The van der Waals surface area contributed by atoms with E-state index in [4.69, 9.17) is 18.9 Å². The lowest BCUT2D eigenvalue weighted by Crippen LogP contribution is -2.32. The first-order chi connectivity index (χ1) is 14.0. The number of pyridine rings is 1. The Morgan fingerprint density at radius 2 is 1.34 bits per heavy atom. The summed E-state index contributed by atoms with van der Waals surface area (Å²) in [5.41, 5.74) is 3.11. The van der Waals surface area contributed by atoms with E-state index in [1.807, 2.05) is 24.3 Å². The fourth-order valence-corrected chi connectivity index (χ4v) is 3.21. The monoisotopic (exact) mass is 395 g/mol. The highest BCUT2D eigenvalue weighted by Gasteiger charge is 2.24. The molecule has 0 aliphatic carbocycles. The van der Waals surface area contributed by atoms with Gasteiger partial charge in [-0.1, -0.05) is 12.1 Å². The van der Waals surface area contributed by atoms with E-state index >= 15 is 0 Å². The van der Waals surface area contributed by atoms with Gasteiger partial charge in [0.15, 0.2) is 23.0 Å². The lowest BCUT2D eigenvalue weighted by molar-refractivity contribution is 0.355. The third kappa shape index (κ3) is 3.99. The lowest BCUT2D eigenvalue weighted by Gasteiger charge is -2.17. The maximum Gasteiger partial charge on any atom is 0.489 e. The molecule has 7 nitrogen and oxygen atoms in total. The van der Waals surface area contributed by atoms with Crippen LogP contribution in [0.25, 0.3) is 22.3 Å². The first-order valence-electron chi connectivity index (χ1n) is 8.82. The van der Waals surface area contributed by atoms with E-state index in [1.54, 1.807) is 38.7 Å². The number of hydrogen-bond donors (Lipinski definition) is 2.